The summed E-state index contributed by atoms with van der Waals surface area (Å²) < 4.78 is 16.9. The molecule has 0 aromatic heterocycles. The third-order valence-corrected chi connectivity index (χ3v) is 8.86. The van der Waals surface area contributed by atoms with Crippen LogP contribution in [0.25, 0.3) is 0 Å². The number of piperidine rings is 2. The number of aryl methyl sites for hydroxylation is 2. The number of amides is 2. The van der Waals surface area contributed by atoms with Crippen LogP contribution in [0.3, 0.4) is 0 Å². The van der Waals surface area contributed by atoms with Gasteiger partial charge in [-0.3, -0.25) is 14.6 Å². The molecule has 3 aliphatic rings. The van der Waals surface area contributed by atoms with Gasteiger partial charge in [-0.15, -0.1) is 0 Å². The molecule has 8 nitrogen and oxygen atoms in total. The summed E-state index contributed by atoms with van der Waals surface area (Å²) in [6, 6.07) is 6.65. The van der Waals surface area contributed by atoms with Crippen LogP contribution in [0.15, 0.2) is 18.2 Å². The largest absolute Gasteiger partial charge is 0.440 e. The molecule has 1 aromatic rings. The monoisotopic (exact) mass is 529 g/mol. The van der Waals surface area contributed by atoms with Crippen molar-refractivity contribution in [3.63, 3.8) is 0 Å². The van der Waals surface area contributed by atoms with Crippen LogP contribution in [-0.4, -0.2) is 104 Å². The number of unbranched alkanes of at least 4 members (excludes halogenated alkanes) is 1. The fourth-order valence-electron chi connectivity index (χ4n) is 6.63. The highest BCUT2D eigenvalue weighted by atomic mass is 16.6. The van der Waals surface area contributed by atoms with E-state index in [1.165, 1.54) is 0 Å². The zero-order valence-corrected chi connectivity index (χ0v) is 23.9. The Hall–Kier alpha value is -2.16. The highest BCUT2D eigenvalue weighted by Crippen LogP contribution is 2.41. The van der Waals surface area contributed by atoms with Gasteiger partial charge in [0.2, 0.25) is 0 Å². The maximum absolute atomic E-state index is 13.2. The molecule has 0 saturated carbocycles. The van der Waals surface area contributed by atoms with Gasteiger partial charge >= 0.3 is 6.09 Å². The van der Waals surface area contributed by atoms with E-state index >= 15 is 0 Å². The number of carbonyl (C=O) groups is 2. The van der Waals surface area contributed by atoms with Gasteiger partial charge in [0.1, 0.15) is 5.60 Å². The third-order valence-electron chi connectivity index (χ3n) is 8.86. The van der Waals surface area contributed by atoms with Crippen molar-refractivity contribution in [1.29, 1.82) is 0 Å². The zero-order valence-electron chi connectivity index (χ0n) is 23.9. The Labute approximate surface area is 228 Å². The number of hydrogen-bond acceptors (Lipinski definition) is 6. The van der Waals surface area contributed by atoms with E-state index in [1.54, 1.807) is 7.11 Å². The summed E-state index contributed by atoms with van der Waals surface area (Å²) in [4.78, 5) is 32.7. The van der Waals surface area contributed by atoms with Crippen molar-refractivity contribution in [2.75, 3.05) is 59.7 Å². The van der Waals surface area contributed by atoms with E-state index in [4.69, 9.17) is 14.2 Å². The molecule has 0 aliphatic carbocycles. The number of benzene rings is 1. The summed E-state index contributed by atoms with van der Waals surface area (Å²) in [6.45, 7) is 11.9. The van der Waals surface area contributed by atoms with E-state index in [1.807, 2.05) is 41.8 Å². The molecule has 1 spiro atoms. The first kappa shape index (κ1) is 28.8. The lowest BCUT2D eigenvalue weighted by Gasteiger charge is -2.46. The molecule has 3 heterocycles. The average Bonchev–Trinajstić information content (AvgIpc) is 3.17. The van der Waals surface area contributed by atoms with Crippen LogP contribution in [0, 0.1) is 13.8 Å². The van der Waals surface area contributed by atoms with Crippen LogP contribution in [-0.2, 0) is 14.2 Å². The number of nitrogens with zero attached hydrogens (tertiary/aromatic N) is 3. The Morgan fingerprint density at radius 2 is 1.74 bits per heavy atom. The summed E-state index contributed by atoms with van der Waals surface area (Å²) in [7, 11) is 1.66. The predicted molar refractivity (Wildman–Crippen MR) is 148 cm³/mol. The summed E-state index contributed by atoms with van der Waals surface area (Å²) >= 11 is 0. The minimum absolute atomic E-state index is 0.111. The van der Waals surface area contributed by atoms with E-state index in [0.717, 1.165) is 87.8 Å². The topological polar surface area (TPSA) is 71.6 Å². The Kier molecular flexibility index (Phi) is 10.1. The first-order valence-electron chi connectivity index (χ1n) is 14.6. The van der Waals surface area contributed by atoms with Crippen LogP contribution >= 0.6 is 0 Å². The summed E-state index contributed by atoms with van der Waals surface area (Å²) in [5.74, 6) is 0.166. The Morgan fingerprint density at radius 3 is 2.37 bits per heavy atom. The van der Waals surface area contributed by atoms with Gasteiger partial charge in [-0.2, -0.15) is 0 Å². The number of rotatable bonds is 11. The minimum atomic E-state index is -0.395. The van der Waals surface area contributed by atoms with Gasteiger partial charge in [0.05, 0.1) is 25.9 Å². The molecular formula is C30H47N3O5. The quantitative estimate of drug-likeness (QED) is 0.396. The van der Waals surface area contributed by atoms with Gasteiger partial charge in [0.25, 0.3) is 5.91 Å². The maximum Gasteiger partial charge on any atom is 0.410 e. The number of hydrogen-bond donors (Lipinski definition) is 0. The van der Waals surface area contributed by atoms with E-state index < -0.39 is 5.60 Å². The van der Waals surface area contributed by atoms with Crippen LogP contribution in [0.4, 0.5) is 4.79 Å². The van der Waals surface area contributed by atoms with E-state index in [-0.39, 0.29) is 18.0 Å². The van der Waals surface area contributed by atoms with Crippen molar-refractivity contribution in [2.24, 2.45) is 0 Å². The SMILES string of the molecule is CCCCC1N(CCOCCOC)C(=O)OC12CCN(C1CCN(C(=O)c3c(C)cccc3C)CC1)CC2. The minimum Gasteiger partial charge on any atom is -0.440 e. The third kappa shape index (κ3) is 6.35. The van der Waals surface area contributed by atoms with E-state index in [0.29, 0.717) is 32.4 Å². The molecule has 0 radical (unpaired) electrons. The fourth-order valence-corrected chi connectivity index (χ4v) is 6.63. The van der Waals surface area contributed by atoms with E-state index in [9.17, 15) is 9.59 Å². The molecule has 3 saturated heterocycles. The van der Waals surface area contributed by atoms with Crippen LogP contribution in [0.1, 0.15) is 73.4 Å². The fraction of sp³-hybridized carbons (Fsp3) is 0.733. The molecule has 212 valence electrons. The van der Waals surface area contributed by atoms with Gasteiger partial charge in [-0.1, -0.05) is 38.0 Å². The molecule has 3 aliphatic heterocycles. The van der Waals surface area contributed by atoms with Gasteiger partial charge in [0.15, 0.2) is 0 Å². The molecule has 1 atom stereocenters. The zero-order chi connectivity index (χ0) is 27.1. The summed E-state index contributed by atoms with van der Waals surface area (Å²) in [6.07, 6.45) is 6.70. The van der Waals surface area contributed by atoms with Gasteiger partial charge in [0, 0.05) is 64.3 Å². The molecule has 1 aromatic carbocycles. The molecule has 1 unspecified atom stereocenters. The maximum atomic E-state index is 13.2. The Morgan fingerprint density at radius 1 is 1.05 bits per heavy atom. The Bertz CT molecular complexity index is 918. The molecule has 2 amide bonds. The molecular weight excluding hydrogens is 482 g/mol. The molecule has 38 heavy (non-hydrogen) atoms. The van der Waals surface area contributed by atoms with Crippen molar-refractivity contribution < 1.29 is 23.8 Å². The average molecular weight is 530 g/mol. The number of carbonyl (C=O) groups excluding carboxylic acids is 2. The standard InChI is InChI=1S/C30H47N3O5/c1-5-6-10-26-30(38-29(35)33(26)19-20-37-22-21-36-4)13-17-31(18-14-30)25-11-15-32(16-12-25)28(34)27-23(2)8-7-9-24(27)3/h7-9,25-26H,5-6,10-22H2,1-4H3. The lowest BCUT2D eigenvalue weighted by Crippen LogP contribution is -2.56. The molecule has 0 N–H and O–H groups in total. The summed E-state index contributed by atoms with van der Waals surface area (Å²) in [5, 5.41) is 0. The number of ether oxygens (including phenoxy) is 3. The first-order valence-corrected chi connectivity index (χ1v) is 14.6. The highest BCUT2D eigenvalue weighted by Gasteiger charge is 2.54. The normalized spacial score (nSPS) is 22.3. The van der Waals surface area contributed by atoms with Crippen LogP contribution in [0.5, 0.6) is 0 Å². The van der Waals surface area contributed by atoms with Crippen molar-refractivity contribution in [3.05, 3.63) is 34.9 Å². The second-order valence-corrected chi connectivity index (χ2v) is 11.2. The highest BCUT2D eigenvalue weighted by molar-refractivity contribution is 5.97. The molecule has 4 rings (SSSR count). The lowest BCUT2D eigenvalue weighted by atomic mass is 9.81. The molecule has 3 fully saturated rings. The van der Waals surface area contributed by atoms with Gasteiger partial charge in [-0.05, 0) is 44.2 Å². The van der Waals surface area contributed by atoms with Crippen LogP contribution < -0.4 is 0 Å². The van der Waals surface area contributed by atoms with Gasteiger partial charge < -0.3 is 19.1 Å². The molecule has 8 heteroatoms. The van der Waals surface area contributed by atoms with Crippen molar-refractivity contribution in [1.82, 2.24) is 14.7 Å². The predicted octanol–water partition coefficient (Wildman–Crippen LogP) is 4.42. The lowest BCUT2D eigenvalue weighted by molar-refractivity contribution is -0.0388. The van der Waals surface area contributed by atoms with Crippen LogP contribution in [0.2, 0.25) is 0 Å². The van der Waals surface area contributed by atoms with Gasteiger partial charge in [-0.25, -0.2) is 4.79 Å². The second kappa shape index (κ2) is 13.3. The number of likely N-dealkylation sites (tertiary alicyclic amines) is 2. The smallest absolute Gasteiger partial charge is 0.410 e. The number of methoxy groups -OCH3 is 1. The summed E-state index contributed by atoms with van der Waals surface area (Å²) in [5.41, 5.74) is 2.57. The van der Waals surface area contributed by atoms with E-state index in [2.05, 4.69) is 11.8 Å². The molecule has 0 bridgehead atoms. The Balaban J connectivity index is 1.31. The van der Waals surface area contributed by atoms with Crippen molar-refractivity contribution >= 4 is 12.0 Å². The van der Waals surface area contributed by atoms with Crippen molar-refractivity contribution in [3.8, 4) is 0 Å². The second-order valence-electron chi connectivity index (χ2n) is 11.2. The first-order chi connectivity index (χ1) is 18.4. The van der Waals surface area contributed by atoms with Crippen molar-refractivity contribution in [2.45, 2.75) is 83.4 Å².